The van der Waals surface area contributed by atoms with Crippen molar-refractivity contribution in [1.82, 2.24) is 15.1 Å². The zero-order valence-electron chi connectivity index (χ0n) is 12.4. The number of nitrogens with zero attached hydrogens (tertiary/aromatic N) is 2. The second-order valence-electron chi connectivity index (χ2n) is 6.05. The summed E-state index contributed by atoms with van der Waals surface area (Å²) in [6.45, 7) is 8.44. The van der Waals surface area contributed by atoms with Crippen LogP contribution in [0.25, 0.3) is 0 Å². The lowest BCUT2D eigenvalue weighted by molar-refractivity contribution is 0.429. The number of hydrogen-bond donors (Lipinski definition) is 1. The number of halogens is 1. The van der Waals surface area contributed by atoms with E-state index in [9.17, 15) is 0 Å². The van der Waals surface area contributed by atoms with Crippen LogP contribution in [0.5, 0.6) is 0 Å². The molecule has 20 heavy (non-hydrogen) atoms. The summed E-state index contributed by atoms with van der Waals surface area (Å²) in [5, 5.41) is 7.91. The van der Waals surface area contributed by atoms with Gasteiger partial charge in [-0.25, -0.2) is 0 Å². The molecule has 0 saturated heterocycles. The molecule has 0 saturated carbocycles. The van der Waals surface area contributed by atoms with Crippen LogP contribution in [0, 0.1) is 3.57 Å². The fourth-order valence-corrected chi connectivity index (χ4v) is 2.57. The first-order chi connectivity index (χ1) is 9.44. The van der Waals surface area contributed by atoms with E-state index in [1.165, 1.54) is 14.7 Å². The molecule has 0 fully saturated rings. The van der Waals surface area contributed by atoms with E-state index < -0.39 is 0 Å². The SMILES string of the molecule is CC(C)(C)NCCc1ccccc1Cn1cc(I)cn1. The molecule has 1 N–H and O–H groups in total. The number of rotatable bonds is 5. The van der Waals surface area contributed by atoms with Gasteiger partial charge in [0.1, 0.15) is 0 Å². The van der Waals surface area contributed by atoms with E-state index in [0.717, 1.165) is 19.5 Å². The topological polar surface area (TPSA) is 29.9 Å². The van der Waals surface area contributed by atoms with Crippen molar-refractivity contribution >= 4 is 22.6 Å². The predicted molar refractivity (Wildman–Crippen MR) is 91.9 cm³/mol. The van der Waals surface area contributed by atoms with Gasteiger partial charge in [-0.05, 0) is 67.5 Å². The smallest absolute Gasteiger partial charge is 0.0662 e. The molecule has 1 aromatic carbocycles. The second kappa shape index (κ2) is 6.72. The summed E-state index contributed by atoms with van der Waals surface area (Å²) in [6, 6.07) is 8.63. The van der Waals surface area contributed by atoms with Crippen LogP contribution in [0.15, 0.2) is 36.7 Å². The van der Waals surface area contributed by atoms with Crippen LogP contribution in [-0.4, -0.2) is 21.9 Å². The Morgan fingerprint density at radius 2 is 1.90 bits per heavy atom. The summed E-state index contributed by atoms with van der Waals surface area (Å²) in [7, 11) is 0. The third-order valence-electron chi connectivity index (χ3n) is 3.10. The van der Waals surface area contributed by atoms with Gasteiger partial charge in [0.05, 0.1) is 16.3 Å². The van der Waals surface area contributed by atoms with Crippen LogP contribution in [0.2, 0.25) is 0 Å². The minimum absolute atomic E-state index is 0.174. The molecule has 0 amide bonds. The molecule has 0 bridgehead atoms. The molecule has 0 unspecified atom stereocenters. The molecule has 3 nitrogen and oxygen atoms in total. The van der Waals surface area contributed by atoms with Gasteiger partial charge in [-0.2, -0.15) is 5.10 Å². The van der Waals surface area contributed by atoms with Crippen LogP contribution in [0.4, 0.5) is 0 Å². The molecule has 0 aliphatic rings. The van der Waals surface area contributed by atoms with Crippen molar-refractivity contribution in [2.45, 2.75) is 39.3 Å². The molecule has 108 valence electrons. The van der Waals surface area contributed by atoms with Crippen molar-refractivity contribution in [1.29, 1.82) is 0 Å². The zero-order chi connectivity index (χ0) is 14.6. The van der Waals surface area contributed by atoms with E-state index in [4.69, 9.17) is 0 Å². The molecule has 0 atom stereocenters. The molecule has 0 radical (unpaired) electrons. The van der Waals surface area contributed by atoms with E-state index in [1.54, 1.807) is 0 Å². The largest absolute Gasteiger partial charge is 0.312 e. The summed E-state index contributed by atoms with van der Waals surface area (Å²) >= 11 is 2.29. The van der Waals surface area contributed by atoms with Gasteiger partial charge >= 0.3 is 0 Å². The Morgan fingerprint density at radius 1 is 1.20 bits per heavy atom. The minimum Gasteiger partial charge on any atom is -0.312 e. The van der Waals surface area contributed by atoms with Gasteiger partial charge in [-0.1, -0.05) is 24.3 Å². The van der Waals surface area contributed by atoms with Gasteiger partial charge in [-0.3, -0.25) is 4.68 Å². The molecule has 1 heterocycles. The van der Waals surface area contributed by atoms with Crippen molar-refractivity contribution in [3.05, 3.63) is 51.4 Å². The van der Waals surface area contributed by atoms with Crippen LogP contribution in [0.1, 0.15) is 31.9 Å². The number of benzene rings is 1. The highest BCUT2D eigenvalue weighted by atomic mass is 127. The molecule has 1 aromatic heterocycles. The highest BCUT2D eigenvalue weighted by molar-refractivity contribution is 14.1. The van der Waals surface area contributed by atoms with Crippen LogP contribution < -0.4 is 5.32 Å². The Hall–Kier alpha value is -0.880. The predicted octanol–water partition coefficient (Wildman–Crippen LogP) is 3.47. The highest BCUT2D eigenvalue weighted by Crippen LogP contribution is 2.12. The molecule has 0 spiro atoms. The molecular formula is C16H22IN3. The number of nitrogens with one attached hydrogen (secondary N) is 1. The third-order valence-corrected chi connectivity index (χ3v) is 3.66. The quantitative estimate of drug-likeness (QED) is 0.802. The van der Waals surface area contributed by atoms with E-state index in [0.29, 0.717) is 0 Å². The molecule has 0 aliphatic heterocycles. The Labute approximate surface area is 134 Å². The summed E-state index contributed by atoms with van der Waals surface area (Å²) in [4.78, 5) is 0. The summed E-state index contributed by atoms with van der Waals surface area (Å²) in [5.41, 5.74) is 2.92. The zero-order valence-corrected chi connectivity index (χ0v) is 14.5. The van der Waals surface area contributed by atoms with Crippen molar-refractivity contribution < 1.29 is 0 Å². The van der Waals surface area contributed by atoms with Crippen molar-refractivity contribution in [2.75, 3.05) is 6.54 Å². The van der Waals surface area contributed by atoms with E-state index in [-0.39, 0.29) is 5.54 Å². The van der Waals surface area contributed by atoms with Gasteiger partial charge in [0, 0.05) is 11.7 Å². The monoisotopic (exact) mass is 383 g/mol. The minimum atomic E-state index is 0.174. The average molecular weight is 383 g/mol. The summed E-state index contributed by atoms with van der Waals surface area (Å²) in [5.74, 6) is 0. The lowest BCUT2D eigenvalue weighted by atomic mass is 10.0. The van der Waals surface area contributed by atoms with Gasteiger partial charge < -0.3 is 5.32 Å². The molecular weight excluding hydrogens is 361 g/mol. The van der Waals surface area contributed by atoms with Gasteiger partial charge in [0.25, 0.3) is 0 Å². The Kier molecular flexibility index (Phi) is 5.21. The second-order valence-corrected chi connectivity index (χ2v) is 7.30. The Morgan fingerprint density at radius 3 is 2.50 bits per heavy atom. The first kappa shape index (κ1) is 15.5. The molecule has 2 aromatic rings. The van der Waals surface area contributed by atoms with Crippen LogP contribution in [0.3, 0.4) is 0 Å². The van der Waals surface area contributed by atoms with Crippen LogP contribution in [-0.2, 0) is 13.0 Å². The maximum Gasteiger partial charge on any atom is 0.0662 e. The molecule has 2 rings (SSSR count). The van der Waals surface area contributed by atoms with Crippen molar-refractivity contribution in [3.63, 3.8) is 0 Å². The first-order valence-corrected chi connectivity index (χ1v) is 8.02. The van der Waals surface area contributed by atoms with Gasteiger partial charge in [-0.15, -0.1) is 0 Å². The normalized spacial score (nSPS) is 11.8. The maximum atomic E-state index is 4.37. The first-order valence-electron chi connectivity index (χ1n) is 6.94. The standard InChI is InChI=1S/C16H22IN3/c1-16(2,3)18-9-8-13-6-4-5-7-14(13)11-20-12-15(17)10-19-20/h4-7,10,12,18H,8-9,11H2,1-3H3. The molecule has 0 aliphatic carbocycles. The van der Waals surface area contributed by atoms with E-state index in [1.807, 2.05) is 10.9 Å². The Bertz CT molecular complexity index is 555. The fraction of sp³-hybridized carbons (Fsp3) is 0.438. The number of aromatic nitrogens is 2. The Balaban J connectivity index is 2.02. The van der Waals surface area contributed by atoms with E-state index in [2.05, 4.69) is 84.2 Å². The fourth-order valence-electron chi connectivity index (χ4n) is 2.13. The lowest BCUT2D eigenvalue weighted by Crippen LogP contribution is -2.37. The lowest BCUT2D eigenvalue weighted by Gasteiger charge is -2.21. The highest BCUT2D eigenvalue weighted by Gasteiger charge is 2.09. The molecule has 4 heteroatoms. The maximum absolute atomic E-state index is 4.37. The number of hydrogen-bond acceptors (Lipinski definition) is 2. The van der Waals surface area contributed by atoms with Crippen molar-refractivity contribution in [3.8, 4) is 0 Å². The van der Waals surface area contributed by atoms with Crippen molar-refractivity contribution in [2.24, 2.45) is 0 Å². The summed E-state index contributed by atoms with van der Waals surface area (Å²) < 4.78 is 3.17. The third kappa shape index (κ3) is 4.90. The van der Waals surface area contributed by atoms with E-state index >= 15 is 0 Å². The van der Waals surface area contributed by atoms with Crippen LogP contribution >= 0.6 is 22.6 Å². The average Bonchev–Trinajstić information content (AvgIpc) is 2.75. The van der Waals surface area contributed by atoms with Gasteiger partial charge in [0.2, 0.25) is 0 Å². The van der Waals surface area contributed by atoms with Gasteiger partial charge in [0.15, 0.2) is 0 Å². The summed E-state index contributed by atoms with van der Waals surface area (Å²) in [6.07, 6.45) is 5.01.